The average molecular weight is 478 g/mol. The van der Waals surface area contributed by atoms with Crippen LogP contribution in [0.3, 0.4) is 0 Å². The van der Waals surface area contributed by atoms with Gasteiger partial charge in [-0.2, -0.15) is 9.78 Å². The Morgan fingerprint density at radius 2 is 1.97 bits per heavy atom. The van der Waals surface area contributed by atoms with Crippen molar-refractivity contribution >= 4 is 23.5 Å². The van der Waals surface area contributed by atoms with Gasteiger partial charge in [0.2, 0.25) is 5.91 Å². The minimum atomic E-state index is -0.143. The number of para-hydroxylation sites is 1. The highest BCUT2D eigenvalue weighted by atomic mass is 32.2. The van der Waals surface area contributed by atoms with Gasteiger partial charge in [-0.15, -0.1) is 5.10 Å². The van der Waals surface area contributed by atoms with Crippen molar-refractivity contribution in [2.45, 2.75) is 57.3 Å². The van der Waals surface area contributed by atoms with Crippen molar-refractivity contribution in [1.29, 1.82) is 0 Å². The highest BCUT2D eigenvalue weighted by molar-refractivity contribution is 7.99. The molecule has 0 bridgehead atoms. The third-order valence-corrected chi connectivity index (χ3v) is 6.90. The second-order valence-corrected chi connectivity index (χ2v) is 9.59. The van der Waals surface area contributed by atoms with Gasteiger partial charge in [0.15, 0.2) is 11.0 Å². The maximum absolute atomic E-state index is 13.3. The molecule has 1 N–H and O–H groups in total. The smallest absolute Gasteiger partial charge is 0.284 e. The molecule has 1 amide bonds. The second-order valence-electron chi connectivity index (χ2n) is 8.65. The summed E-state index contributed by atoms with van der Waals surface area (Å²) < 4.78 is 5.32. The largest absolute Gasteiger partial charge is 0.324 e. The predicted octanol–water partition coefficient (Wildman–Crippen LogP) is 3.77. The topological polar surface area (TPSA) is 99.6 Å². The average Bonchev–Trinajstić information content (AvgIpc) is 3.34. The van der Waals surface area contributed by atoms with Gasteiger partial charge in [-0.25, -0.2) is 9.67 Å². The molecule has 2 aromatic rings. The van der Waals surface area contributed by atoms with E-state index in [0.29, 0.717) is 22.9 Å². The first-order chi connectivity index (χ1) is 16.5. The Bertz CT molecular complexity index is 1340. The van der Waals surface area contributed by atoms with E-state index in [-0.39, 0.29) is 23.3 Å². The molecule has 5 rings (SSSR count). The summed E-state index contributed by atoms with van der Waals surface area (Å²) in [4.78, 5) is 30.8. The number of aromatic nitrogens is 6. The summed E-state index contributed by atoms with van der Waals surface area (Å²) in [6.07, 6.45) is 5.59. The van der Waals surface area contributed by atoms with E-state index in [2.05, 4.69) is 20.1 Å². The van der Waals surface area contributed by atoms with Gasteiger partial charge in [0, 0.05) is 24.3 Å². The molecule has 0 saturated carbocycles. The van der Waals surface area contributed by atoms with Crippen LogP contribution in [0.15, 0.2) is 52.5 Å². The zero-order valence-electron chi connectivity index (χ0n) is 19.3. The van der Waals surface area contributed by atoms with Gasteiger partial charge in [0.25, 0.3) is 5.56 Å². The normalized spacial score (nSPS) is 13.7. The fourth-order valence-electron chi connectivity index (χ4n) is 4.34. The molecule has 9 nitrogen and oxygen atoms in total. The molecule has 34 heavy (non-hydrogen) atoms. The lowest BCUT2D eigenvalue weighted by Gasteiger charge is -2.17. The summed E-state index contributed by atoms with van der Waals surface area (Å²) in [5.74, 6) is 1.18. The molecule has 0 atom stereocenters. The molecular weight excluding hydrogens is 450 g/mol. The number of hydrogen-bond donors (Lipinski definition) is 1. The summed E-state index contributed by atoms with van der Waals surface area (Å²) in [7, 11) is 0. The molecule has 0 saturated heterocycles. The molecule has 4 heterocycles. The van der Waals surface area contributed by atoms with Crippen LogP contribution in [-0.2, 0) is 17.8 Å². The Kier molecular flexibility index (Phi) is 6.23. The van der Waals surface area contributed by atoms with E-state index in [9.17, 15) is 9.59 Å². The van der Waals surface area contributed by atoms with E-state index in [4.69, 9.17) is 4.98 Å². The molecule has 0 fully saturated rings. The van der Waals surface area contributed by atoms with Crippen LogP contribution < -0.4 is 10.9 Å². The zero-order valence-corrected chi connectivity index (χ0v) is 20.1. The third kappa shape index (κ3) is 4.25. The monoisotopic (exact) mass is 477 g/mol. The molecular formula is C24H27N7O2S. The van der Waals surface area contributed by atoms with Crippen molar-refractivity contribution < 1.29 is 4.79 Å². The van der Waals surface area contributed by atoms with Crippen LogP contribution in [0, 0.1) is 0 Å². The minimum Gasteiger partial charge on any atom is -0.324 e. The molecule has 3 aliphatic rings. The van der Waals surface area contributed by atoms with Crippen molar-refractivity contribution in [2.75, 3.05) is 11.1 Å². The van der Waals surface area contributed by atoms with Gasteiger partial charge in [0.05, 0.1) is 17.6 Å². The highest BCUT2D eigenvalue weighted by Gasteiger charge is 2.27. The van der Waals surface area contributed by atoms with Crippen molar-refractivity contribution in [3.8, 4) is 17.1 Å². The lowest BCUT2D eigenvalue weighted by Crippen LogP contribution is -2.21. The molecule has 0 aliphatic carbocycles. The Morgan fingerprint density at radius 1 is 1.15 bits per heavy atom. The maximum Gasteiger partial charge on any atom is 0.284 e. The number of thioether (sulfide) groups is 1. The fourth-order valence-corrected chi connectivity index (χ4v) is 5.18. The quantitative estimate of drug-likeness (QED) is 0.335. The molecule has 0 radical (unpaired) electrons. The van der Waals surface area contributed by atoms with Crippen LogP contribution >= 0.6 is 11.8 Å². The fraction of sp³-hybridized carbons (Fsp3) is 0.375. The van der Waals surface area contributed by atoms with E-state index < -0.39 is 0 Å². The lowest BCUT2D eigenvalue weighted by molar-refractivity contribution is -0.113. The van der Waals surface area contributed by atoms with Gasteiger partial charge in [-0.3, -0.25) is 9.59 Å². The first-order valence-corrected chi connectivity index (χ1v) is 12.6. The number of amides is 1. The predicted molar refractivity (Wildman–Crippen MR) is 132 cm³/mol. The Hall–Kier alpha value is -3.40. The molecule has 176 valence electrons. The number of nitrogens with zero attached hydrogens (tertiary/aromatic N) is 6. The van der Waals surface area contributed by atoms with E-state index in [0.717, 1.165) is 43.1 Å². The van der Waals surface area contributed by atoms with Gasteiger partial charge < -0.3 is 9.88 Å². The molecule has 1 aromatic heterocycles. The molecule has 0 spiro atoms. The van der Waals surface area contributed by atoms with Crippen LogP contribution in [0.1, 0.15) is 44.8 Å². The summed E-state index contributed by atoms with van der Waals surface area (Å²) >= 11 is 1.37. The van der Waals surface area contributed by atoms with Gasteiger partial charge in [-0.1, -0.05) is 36.4 Å². The Labute approximate surface area is 201 Å². The van der Waals surface area contributed by atoms with Crippen LogP contribution in [0.4, 0.5) is 5.82 Å². The first kappa shape index (κ1) is 22.4. The van der Waals surface area contributed by atoms with Gasteiger partial charge in [-0.05, 0) is 45.2 Å². The lowest BCUT2D eigenvalue weighted by atomic mass is 10.1. The van der Waals surface area contributed by atoms with E-state index in [1.54, 1.807) is 16.9 Å². The third-order valence-electron chi connectivity index (χ3n) is 5.93. The summed E-state index contributed by atoms with van der Waals surface area (Å²) in [5.41, 5.74) is 2.12. The van der Waals surface area contributed by atoms with Gasteiger partial charge >= 0.3 is 0 Å². The Morgan fingerprint density at radius 3 is 2.76 bits per heavy atom. The van der Waals surface area contributed by atoms with E-state index >= 15 is 0 Å². The number of hydrogen-bond acceptors (Lipinski definition) is 6. The van der Waals surface area contributed by atoms with Crippen LogP contribution in [0.5, 0.6) is 0 Å². The number of rotatable bonds is 6. The van der Waals surface area contributed by atoms with Crippen LogP contribution in [0.2, 0.25) is 0 Å². The first-order valence-electron chi connectivity index (χ1n) is 11.6. The van der Waals surface area contributed by atoms with Crippen LogP contribution in [-0.4, -0.2) is 40.8 Å². The van der Waals surface area contributed by atoms with Crippen LogP contribution in [0.25, 0.3) is 17.1 Å². The number of anilines is 1. The highest BCUT2D eigenvalue weighted by Crippen LogP contribution is 2.30. The molecule has 0 unspecified atom stereocenters. The summed E-state index contributed by atoms with van der Waals surface area (Å²) in [6.45, 7) is 4.81. The standard InChI is InChI=1S/C24H27N7O2S/c1-16(2)30-19(12-13-25-30)26-20(32)15-34-24-27-22-21(18-11-7-4-8-14-29(18)24)23(33)31(28-22)17-9-5-3-6-10-17/h3,5-6,9-10,12-13,16H,4,7-8,11,14-15H2,1-2H3,(H,26,32). The zero-order chi connectivity index (χ0) is 23.7. The second kappa shape index (κ2) is 9.46. The van der Waals surface area contributed by atoms with Crippen molar-refractivity contribution in [3.63, 3.8) is 0 Å². The maximum atomic E-state index is 13.3. The van der Waals surface area contributed by atoms with E-state index in [1.165, 1.54) is 16.4 Å². The number of carbonyl (C=O) groups is 1. The number of carbonyl (C=O) groups excluding carboxylic acids is 1. The summed E-state index contributed by atoms with van der Waals surface area (Å²) in [5, 5.41) is 12.5. The Balaban J connectivity index is 1.47. The van der Waals surface area contributed by atoms with E-state index in [1.807, 2.05) is 44.2 Å². The number of nitrogens with one attached hydrogen (secondary N) is 1. The molecule has 10 heteroatoms. The number of fused-ring (bicyclic) bond motifs is 3. The molecule has 3 aliphatic heterocycles. The van der Waals surface area contributed by atoms with Crippen molar-refractivity contribution in [2.24, 2.45) is 0 Å². The number of benzene rings is 1. The summed E-state index contributed by atoms with van der Waals surface area (Å²) in [6, 6.07) is 11.3. The van der Waals surface area contributed by atoms with Crippen molar-refractivity contribution in [1.82, 2.24) is 29.1 Å². The minimum absolute atomic E-state index is 0.128. The SMILES string of the molecule is CC(C)n1nccc1NC(=O)CSc1nc2nn(-c3ccccc3)c(=O)c-2c2n1CCCCC2. The van der Waals surface area contributed by atoms with Gasteiger partial charge in [0.1, 0.15) is 11.4 Å². The van der Waals surface area contributed by atoms with Crippen molar-refractivity contribution in [3.05, 3.63) is 58.6 Å². The molecule has 1 aromatic carbocycles.